The first-order valence-electron chi connectivity index (χ1n) is 9.65. The molecule has 2 aromatic carbocycles. The van der Waals surface area contributed by atoms with Crippen molar-refractivity contribution in [2.75, 3.05) is 11.1 Å². The lowest BCUT2D eigenvalue weighted by atomic mass is 10.1. The second kappa shape index (κ2) is 9.48. The molecule has 0 heterocycles. The number of hydrogen-bond acceptors (Lipinski definition) is 4. The van der Waals surface area contributed by atoms with E-state index in [0.717, 1.165) is 24.3 Å². The van der Waals surface area contributed by atoms with Gasteiger partial charge in [0, 0.05) is 5.69 Å². The first-order valence-corrected chi connectivity index (χ1v) is 12.5. The van der Waals surface area contributed by atoms with Gasteiger partial charge in [0.1, 0.15) is 11.4 Å². The summed E-state index contributed by atoms with van der Waals surface area (Å²) in [5.74, 6) is -2.01. The van der Waals surface area contributed by atoms with Crippen LogP contribution in [-0.4, -0.2) is 34.6 Å². The largest absolute Gasteiger partial charge is 0.325 e. The Balaban J connectivity index is 2.42. The zero-order valence-electron chi connectivity index (χ0n) is 18.5. The van der Waals surface area contributed by atoms with Gasteiger partial charge in [-0.2, -0.15) is 0 Å². The lowest BCUT2D eigenvalue weighted by Crippen LogP contribution is -2.59. The first-order chi connectivity index (χ1) is 14.7. The van der Waals surface area contributed by atoms with Crippen molar-refractivity contribution in [1.82, 2.24) is 4.72 Å². The van der Waals surface area contributed by atoms with Gasteiger partial charge in [0.2, 0.25) is 5.91 Å². The molecule has 10 heteroatoms. The van der Waals surface area contributed by atoms with E-state index in [4.69, 9.17) is 6.57 Å². The van der Waals surface area contributed by atoms with Crippen molar-refractivity contribution in [1.29, 1.82) is 0 Å². The van der Waals surface area contributed by atoms with E-state index in [1.165, 1.54) is 13.0 Å². The SMILES string of the molecule is [C-]#[N+]c1ccc(NC(=O)[C@](C)(CS(=O)(=O)c2ccc(F)cc2)N[S@](=O)C(C)(C)C)cc1C. The molecule has 0 spiro atoms. The Morgan fingerprint density at radius 2 is 1.72 bits per heavy atom. The summed E-state index contributed by atoms with van der Waals surface area (Å²) < 4.78 is 54.0. The lowest BCUT2D eigenvalue weighted by Gasteiger charge is -2.32. The van der Waals surface area contributed by atoms with E-state index in [9.17, 15) is 21.8 Å². The highest BCUT2D eigenvalue weighted by Crippen LogP contribution is 2.25. The van der Waals surface area contributed by atoms with E-state index in [2.05, 4.69) is 14.9 Å². The highest BCUT2D eigenvalue weighted by Gasteiger charge is 2.42. The molecule has 0 aliphatic rings. The fraction of sp³-hybridized carbons (Fsp3) is 0.364. The monoisotopic (exact) mass is 479 g/mol. The molecule has 2 N–H and O–H groups in total. The van der Waals surface area contributed by atoms with Crippen LogP contribution in [0.5, 0.6) is 0 Å². The quantitative estimate of drug-likeness (QED) is 0.465. The van der Waals surface area contributed by atoms with Crippen molar-refractivity contribution in [3.8, 4) is 0 Å². The fourth-order valence-electron chi connectivity index (χ4n) is 2.73. The number of carbonyl (C=O) groups is 1. The van der Waals surface area contributed by atoms with Crippen LogP contribution in [-0.2, 0) is 25.6 Å². The Labute approximate surface area is 190 Å². The molecule has 0 aliphatic heterocycles. The van der Waals surface area contributed by atoms with E-state index in [0.29, 0.717) is 16.9 Å². The molecule has 0 saturated carbocycles. The Morgan fingerprint density at radius 1 is 1.12 bits per heavy atom. The molecular formula is C22H26FN3O4S2. The Bertz CT molecular complexity index is 1180. The Morgan fingerprint density at radius 3 is 2.22 bits per heavy atom. The van der Waals surface area contributed by atoms with Crippen molar-refractivity contribution in [2.45, 2.75) is 49.8 Å². The first kappa shape index (κ1) is 25.6. The van der Waals surface area contributed by atoms with E-state index in [-0.39, 0.29) is 4.90 Å². The minimum Gasteiger partial charge on any atom is -0.325 e. The number of nitrogens with zero attached hydrogens (tertiary/aromatic N) is 1. The van der Waals surface area contributed by atoms with Crippen molar-refractivity contribution >= 4 is 38.1 Å². The summed E-state index contributed by atoms with van der Waals surface area (Å²) >= 11 is 0. The van der Waals surface area contributed by atoms with Crippen molar-refractivity contribution in [3.05, 3.63) is 65.3 Å². The number of nitrogens with one attached hydrogen (secondary N) is 2. The van der Waals surface area contributed by atoms with Gasteiger partial charge in [-0.3, -0.25) is 4.79 Å². The van der Waals surface area contributed by atoms with Crippen molar-refractivity contribution in [2.24, 2.45) is 0 Å². The second-order valence-electron chi connectivity index (χ2n) is 8.60. The third kappa shape index (κ3) is 6.22. The van der Waals surface area contributed by atoms with Crippen molar-refractivity contribution in [3.63, 3.8) is 0 Å². The van der Waals surface area contributed by atoms with Crippen LogP contribution in [0.3, 0.4) is 0 Å². The van der Waals surface area contributed by atoms with E-state index in [1.807, 2.05) is 0 Å². The summed E-state index contributed by atoms with van der Waals surface area (Å²) in [7, 11) is -5.81. The molecule has 0 fully saturated rings. The smallest absolute Gasteiger partial charge is 0.246 e. The predicted octanol–water partition coefficient (Wildman–Crippen LogP) is 3.91. The van der Waals surface area contributed by atoms with Gasteiger partial charge in [0.05, 0.1) is 33.0 Å². The van der Waals surface area contributed by atoms with Gasteiger partial charge in [0.15, 0.2) is 15.5 Å². The molecule has 0 saturated heterocycles. The summed E-state index contributed by atoms with van der Waals surface area (Å²) in [6.45, 7) is 15.3. The van der Waals surface area contributed by atoms with E-state index in [1.54, 1.807) is 39.8 Å². The third-order valence-electron chi connectivity index (χ3n) is 4.60. The molecular weight excluding hydrogens is 453 g/mol. The standard InChI is InChI=1S/C22H26FN3O4S2/c1-15-13-17(9-12-19(15)24-6)25-20(27)22(5,26-31(28)21(2,3)4)14-32(29,30)18-10-7-16(23)8-11-18/h7-13,26H,14H2,1-5H3,(H,25,27)/t22-,31+/m0/s1. The minimum absolute atomic E-state index is 0.154. The number of halogens is 1. The van der Waals surface area contributed by atoms with Gasteiger partial charge in [-0.05, 0) is 76.6 Å². The number of aryl methyl sites for hydroxylation is 1. The maximum absolute atomic E-state index is 13.2. The van der Waals surface area contributed by atoms with E-state index < -0.39 is 48.6 Å². The van der Waals surface area contributed by atoms with Crippen LogP contribution in [0.25, 0.3) is 4.85 Å². The van der Waals surface area contributed by atoms with Crippen LogP contribution < -0.4 is 10.0 Å². The zero-order chi connectivity index (χ0) is 24.3. The third-order valence-corrected chi connectivity index (χ3v) is 8.30. The minimum atomic E-state index is -4.05. The van der Waals surface area contributed by atoms with Crippen LogP contribution in [0, 0.1) is 19.3 Å². The predicted molar refractivity (Wildman–Crippen MR) is 124 cm³/mol. The average Bonchev–Trinajstić information content (AvgIpc) is 2.67. The number of benzene rings is 2. The van der Waals surface area contributed by atoms with Gasteiger partial charge in [0.25, 0.3) is 0 Å². The number of hydrogen-bond donors (Lipinski definition) is 2. The van der Waals surface area contributed by atoms with Gasteiger partial charge in [-0.25, -0.2) is 26.6 Å². The summed E-state index contributed by atoms with van der Waals surface area (Å²) in [5.41, 5.74) is -0.340. The Hall–Kier alpha value is -2.61. The summed E-state index contributed by atoms with van der Waals surface area (Å²) in [6.07, 6.45) is 0. The van der Waals surface area contributed by atoms with E-state index >= 15 is 0 Å². The summed E-state index contributed by atoms with van der Waals surface area (Å²) in [5, 5.41) is 2.65. The number of anilines is 1. The molecule has 2 rings (SSSR count). The van der Waals surface area contributed by atoms with Gasteiger partial charge in [-0.1, -0.05) is 6.07 Å². The molecule has 32 heavy (non-hydrogen) atoms. The molecule has 0 bridgehead atoms. The summed E-state index contributed by atoms with van der Waals surface area (Å²) in [6, 6.07) is 8.96. The molecule has 1 amide bonds. The maximum atomic E-state index is 13.2. The fourth-order valence-corrected chi connectivity index (χ4v) is 5.38. The lowest BCUT2D eigenvalue weighted by molar-refractivity contribution is -0.120. The highest BCUT2D eigenvalue weighted by atomic mass is 32.2. The molecule has 2 atom stereocenters. The number of amides is 1. The second-order valence-corrected chi connectivity index (χ2v) is 12.6. The molecule has 0 aliphatic carbocycles. The molecule has 0 aromatic heterocycles. The number of sulfone groups is 1. The molecule has 0 unspecified atom stereocenters. The van der Waals surface area contributed by atoms with Crippen LogP contribution in [0.15, 0.2) is 47.4 Å². The van der Waals surface area contributed by atoms with Gasteiger partial charge < -0.3 is 5.32 Å². The van der Waals surface area contributed by atoms with Crippen LogP contribution in [0.2, 0.25) is 0 Å². The number of carbonyl (C=O) groups excluding carboxylic acids is 1. The van der Waals surface area contributed by atoms with Crippen LogP contribution in [0.1, 0.15) is 33.3 Å². The Kier molecular flexibility index (Phi) is 7.60. The van der Waals surface area contributed by atoms with Crippen LogP contribution in [0.4, 0.5) is 15.8 Å². The topological polar surface area (TPSA) is 96.7 Å². The number of rotatable bonds is 7. The zero-order valence-corrected chi connectivity index (χ0v) is 20.2. The molecule has 0 radical (unpaired) electrons. The average molecular weight is 480 g/mol. The maximum Gasteiger partial charge on any atom is 0.246 e. The molecule has 7 nitrogen and oxygen atoms in total. The highest BCUT2D eigenvalue weighted by molar-refractivity contribution is 7.91. The van der Waals surface area contributed by atoms with Crippen LogP contribution >= 0.6 is 0 Å². The van der Waals surface area contributed by atoms with Gasteiger partial charge in [-0.15, -0.1) is 0 Å². The molecule has 172 valence electrons. The van der Waals surface area contributed by atoms with Gasteiger partial charge >= 0.3 is 0 Å². The van der Waals surface area contributed by atoms with Crippen molar-refractivity contribution < 1.29 is 21.8 Å². The summed E-state index contributed by atoms with van der Waals surface area (Å²) in [4.78, 5) is 16.5. The molecule has 2 aromatic rings. The normalized spacial score (nSPS) is 14.8.